The molecule has 1 aromatic heterocycles. The number of fused-ring (bicyclic) bond motifs is 3. The Bertz CT molecular complexity index is 1600. The maximum absolute atomic E-state index is 12.0. The number of rotatable bonds is 4. The number of nitrogens with one attached hydrogen (secondary N) is 1. The van der Waals surface area contributed by atoms with Gasteiger partial charge < -0.3 is 4.57 Å². The van der Waals surface area contributed by atoms with E-state index in [0.29, 0.717) is 4.91 Å². The van der Waals surface area contributed by atoms with Crippen molar-refractivity contribution in [2.45, 2.75) is 6.54 Å². The number of thioether (sulfide) groups is 1. The van der Waals surface area contributed by atoms with Crippen LogP contribution in [0, 0.1) is 0 Å². The molecule has 0 unspecified atom stereocenters. The molecule has 6 rings (SSSR count). The van der Waals surface area contributed by atoms with Gasteiger partial charge in [-0.1, -0.05) is 78.9 Å². The Balaban J connectivity index is 1.39. The Morgan fingerprint density at radius 2 is 1.44 bits per heavy atom. The normalized spacial score (nSPS) is 14.9. The molecule has 34 heavy (non-hydrogen) atoms. The molecule has 4 nitrogen and oxygen atoms in total. The van der Waals surface area contributed by atoms with E-state index < -0.39 is 0 Å². The number of hydrogen-bond donors (Lipinski definition) is 1. The Morgan fingerprint density at radius 1 is 0.735 bits per heavy atom. The van der Waals surface area contributed by atoms with Crippen LogP contribution >= 0.6 is 11.8 Å². The number of aromatic nitrogens is 1. The van der Waals surface area contributed by atoms with Crippen molar-refractivity contribution in [2.24, 2.45) is 0 Å². The third kappa shape index (κ3) is 3.70. The number of para-hydroxylation sites is 1. The maximum atomic E-state index is 12.0. The van der Waals surface area contributed by atoms with E-state index in [4.69, 9.17) is 0 Å². The van der Waals surface area contributed by atoms with Crippen LogP contribution in [0.15, 0.2) is 102 Å². The van der Waals surface area contributed by atoms with E-state index in [9.17, 15) is 9.59 Å². The largest absolute Gasteiger partial charge is 0.336 e. The van der Waals surface area contributed by atoms with Crippen LogP contribution < -0.4 is 5.32 Å². The average molecular weight is 461 g/mol. The summed E-state index contributed by atoms with van der Waals surface area (Å²) in [6, 6.07) is 33.7. The summed E-state index contributed by atoms with van der Waals surface area (Å²) in [5.41, 5.74) is 6.84. The lowest BCUT2D eigenvalue weighted by atomic mass is 10.0. The van der Waals surface area contributed by atoms with Gasteiger partial charge >= 0.3 is 0 Å². The van der Waals surface area contributed by atoms with Gasteiger partial charge in [-0.15, -0.1) is 0 Å². The second-order valence-corrected chi connectivity index (χ2v) is 9.31. The molecule has 0 atom stereocenters. The number of imide groups is 1. The van der Waals surface area contributed by atoms with E-state index in [2.05, 4.69) is 88.7 Å². The van der Waals surface area contributed by atoms with E-state index in [1.807, 2.05) is 18.2 Å². The van der Waals surface area contributed by atoms with Crippen molar-refractivity contribution in [2.75, 3.05) is 0 Å². The Hall–Kier alpha value is -4.09. The fourth-order valence-electron chi connectivity index (χ4n) is 4.52. The molecule has 4 aromatic carbocycles. The molecule has 0 radical (unpaired) electrons. The van der Waals surface area contributed by atoms with Crippen molar-refractivity contribution < 1.29 is 9.59 Å². The van der Waals surface area contributed by atoms with E-state index in [1.165, 1.54) is 22.1 Å². The van der Waals surface area contributed by atoms with Crippen LogP contribution in [0.25, 0.3) is 39.0 Å². The number of benzene rings is 4. The zero-order valence-corrected chi connectivity index (χ0v) is 19.0. The molecule has 164 valence electrons. The summed E-state index contributed by atoms with van der Waals surface area (Å²) < 4.78 is 2.33. The minimum atomic E-state index is -0.337. The SMILES string of the molecule is O=C1NC(=O)/C(=C/c2ccc3c(c2)c2ccccc2n3Cc2ccc(-c3ccccc3)cc2)S1. The summed E-state index contributed by atoms with van der Waals surface area (Å²) >= 11 is 0.940. The van der Waals surface area contributed by atoms with Crippen molar-refractivity contribution in [1.29, 1.82) is 0 Å². The monoisotopic (exact) mass is 460 g/mol. The van der Waals surface area contributed by atoms with Crippen molar-refractivity contribution in [3.05, 3.63) is 113 Å². The first kappa shape index (κ1) is 20.5. The zero-order chi connectivity index (χ0) is 23.1. The highest BCUT2D eigenvalue weighted by Crippen LogP contribution is 2.32. The molecule has 0 aliphatic carbocycles. The molecule has 2 amide bonds. The van der Waals surface area contributed by atoms with Crippen LogP contribution in [-0.2, 0) is 11.3 Å². The Morgan fingerprint density at radius 3 is 2.21 bits per heavy atom. The van der Waals surface area contributed by atoms with Crippen molar-refractivity contribution in [3.8, 4) is 11.1 Å². The number of carbonyl (C=O) groups is 2. The smallest absolute Gasteiger partial charge is 0.290 e. The highest BCUT2D eigenvalue weighted by atomic mass is 32.2. The van der Waals surface area contributed by atoms with Crippen molar-refractivity contribution in [3.63, 3.8) is 0 Å². The summed E-state index contributed by atoms with van der Waals surface area (Å²) in [5, 5.41) is 4.28. The molecule has 1 saturated heterocycles. The number of amides is 2. The first-order valence-corrected chi connectivity index (χ1v) is 11.9. The van der Waals surface area contributed by atoms with Gasteiger partial charge in [-0.3, -0.25) is 14.9 Å². The highest BCUT2D eigenvalue weighted by molar-refractivity contribution is 8.18. The molecule has 0 saturated carbocycles. The van der Waals surface area contributed by atoms with Gasteiger partial charge in [0.2, 0.25) is 0 Å². The second-order valence-electron chi connectivity index (χ2n) is 8.30. The summed E-state index contributed by atoms with van der Waals surface area (Å²) in [6.45, 7) is 0.756. The van der Waals surface area contributed by atoms with Gasteiger partial charge in [0.05, 0.1) is 4.91 Å². The summed E-state index contributed by atoms with van der Waals surface area (Å²) in [4.78, 5) is 23.9. The van der Waals surface area contributed by atoms with Crippen LogP contribution in [0.4, 0.5) is 4.79 Å². The fourth-order valence-corrected chi connectivity index (χ4v) is 5.20. The van der Waals surface area contributed by atoms with Crippen LogP contribution in [-0.4, -0.2) is 15.7 Å². The first-order valence-electron chi connectivity index (χ1n) is 11.1. The predicted octanol–water partition coefficient (Wildman–Crippen LogP) is 6.83. The number of nitrogens with zero attached hydrogens (tertiary/aromatic N) is 1. The van der Waals surface area contributed by atoms with Crippen LogP contribution in [0.3, 0.4) is 0 Å². The topological polar surface area (TPSA) is 51.1 Å². The van der Waals surface area contributed by atoms with Gasteiger partial charge in [-0.25, -0.2) is 0 Å². The molecule has 1 aliphatic heterocycles. The molecule has 2 heterocycles. The predicted molar refractivity (Wildman–Crippen MR) is 140 cm³/mol. The van der Waals surface area contributed by atoms with Gasteiger partial charge in [0.1, 0.15) is 0 Å². The molecule has 1 N–H and O–H groups in total. The molecular weight excluding hydrogens is 440 g/mol. The van der Waals surface area contributed by atoms with Gasteiger partial charge in [-0.2, -0.15) is 0 Å². The number of hydrogen-bond acceptors (Lipinski definition) is 3. The van der Waals surface area contributed by atoms with Gasteiger partial charge in [0.25, 0.3) is 11.1 Å². The number of carbonyl (C=O) groups excluding carboxylic acids is 2. The van der Waals surface area contributed by atoms with Crippen LogP contribution in [0.1, 0.15) is 11.1 Å². The molecule has 0 bridgehead atoms. The third-order valence-corrected chi connectivity index (χ3v) is 6.95. The first-order chi connectivity index (χ1) is 16.7. The van der Waals surface area contributed by atoms with Gasteiger partial charge in [-0.05, 0) is 58.3 Å². The van der Waals surface area contributed by atoms with Crippen molar-refractivity contribution >= 4 is 50.8 Å². The lowest BCUT2D eigenvalue weighted by Crippen LogP contribution is -2.17. The zero-order valence-electron chi connectivity index (χ0n) is 18.2. The maximum Gasteiger partial charge on any atom is 0.290 e. The molecule has 1 fully saturated rings. The second kappa shape index (κ2) is 8.36. The fraction of sp³-hybridized carbons (Fsp3) is 0.0345. The van der Waals surface area contributed by atoms with E-state index in [-0.39, 0.29) is 11.1 Å². The standard InChI is InChI=1S/C29H20N2O2S/c32-28-27(34-29(33)30-28)17-20-12-15-26-24(16-20)23-8-4-5-9-25(23)31(26)18-19-10-13-22(14-11-19)21-6-2-1-3-7-21/h1-17H,18H2,(H,30,32,33)/b27-17-. The average Bonchev–Trinajstić information content (AvgIpc) is 3.35. The van der Waals surface area contributed by atoms with Gasteiger partial charge in [0, 0.05) is 28.4 Å². The summed E-state index contributed by atoms with van der Waals surface area (Å²) in [6.07, 6.45) is 1.78. The van der Waals surface area contributed by atoms with E-state index >= 15 is 0 Å². The molecule has 1 aliphatic rings. The van der Waals surface area contributed by atoms with E-state index in [1.54, 1.807) is 6.08 Å². The lowest BCUT2D eigenvalue weighted by molar-refractivity contribution is -0.115. The lowest BCUT2D eigenvalue weighted by Gasteiger charge is -2.09. The highest BCUT2D eigenvalue weighted by Gasteiger charge is 2.25. The van der Waals surface area contributed by atoms with Crippen LogP contribution in [0.2, 0.25) is 0 Å². The third-order valence-electron chi connectivity index (χ3n) is 6.14. The van der Waals surface area contributed by atoms with Gasteiger partial charge in [0.15, 0.2) is 0 Å². The summed E-state index contributed by atoms with van der Waals surface area (Å²) in [7, 11) is 0. The van der Waals surface area contributed by atoms with Crippen LogP contribution in [0.5, 0.6) is 0 Å². The molecular formula is C29H20N2O2S. The minimum absolute atomic E-state index is 0.327. The van der Waals surface area contributed by atoms with Crippen molar-refractivity contribution in [1.82, 2.24) is 9.88 Å². The molecule has 5 heteroatoms. The van der Waals surface area contributed by atoms with E-state index in [0.717, 1.165) is 40.3 Å². The summed E-state index contributed by atoms with van der Waals surface area (Å²) in [5.74, 6) is -0.337. The molecule has 0 spiro atoms. The molecule has 5 aromatic rings. The minimum Gasteiger partial charge on any atom is -0.336 e. The Kier molecular flexibility index (Phi) is 5.04. The Labute approximate surface area is 200 Å². The quantitative estimate of drug-likeness (QED) is 0.299.